The van der Waals surface area contributed by atoms with E-state index in [0.29, 0.717) is 17.5 Å². The van der Waals surface area contributed by atoms with Crippen molar-refractivity contribution in [1.29, 1.82) is 0 Å². The van der Waals surface area contributed by atoms with Crippen LogP contribution in [-0.4, -0.2) is 29.1 Å². The van der Waals surface area contributed by atoms with Crippen LogP contribution in [0, 0.1) is 12.3 Å². The first kappa shape index (κ1) is 14.1. The van der Waals surface area contributed by atoms with Gasteiger partial charge in [-0.25, -0.2) is 4.79 Å². The molecule has 2 rings (SSSR count). The van der Waals surface area contributed by atoms with Gasteiger partial charge in [-0.3, -0.25) is 4.90 Å². The fraction of sp³-hybridized carbons (Fsp3) is 0.667. The molecular weight excluding hydrogens is 242 g/mol. The second kappa shape index (κ2) is 5.37. The summed E-state index contributed by atoms with van der Waals surface area (Å²) < 4.78 is 5.42. The summed E-state index contributed by atoms with van der Waals surface area (Å²) in [5, 5.41) is 8.98. The van der Waals surface area contributed by atoms with Crippen LogP contribution in [0.5, 0.6) is 0 Å². The number of hydrogen-bond donors (Lipinski definition) is 1. The molecule has 1 N–H and O–H groups in total. The van der Waals surface area contributed by atoms with Crippen LogP contribution in [0.25, 0.3) is 0 Å². The molecule has 2 heterocycles. The van der Waals surface area contributed by atoms with E-state index in [0.717, 1.165) is 18.8 Å². The number of piperidine rings is 1. The second-order valence-corrected chi connectivity index (χ2v) is 5.97. The van der Waals surface area contributed by atoms with E-state index in [2.05, 4.69) is 18.7 Å². The van der Waals surface area contributed by atoms with E-state index in [-0.39, 0.29) is 5.76 Å². The highest BCUT2D eigenvalue weighted by atomic mass is 16.4. The molecule has 0 spiro atoms. The van der Waals surface area contributed by atoms with Gasteiger partial charge in [-0.15, -0.1) is 0 Å². The monoisotopic (exact) mass is 265 g/mol. The number of aryl methyl sites for hydroxylation is 1. The summed E-state index contributed by atoms with van der Waals surface area (Å²) in [4.78, 5) is 13.3. The van der Waals surface area contributed by atoms with Gasteiger partial charge in [0.05, 0.1) is 6.54 Å². The Morgan fingerprint density at radius 2 is 2.11 bits per heavy atom. The number of likely N-dealkylation sites (tertiary alicyclic amines) is 1. The van der Waals surface area contributed by atoms with Gasteiger partial charge in [0.2, 0.25) is 5.76 Å². The third kappa shape index (κ3) is 3.18. The number of hydrogen-bond acceptors (Lipinski definition) is 3. The average molecular weight is 265 g/mol. The molecule has 0 aromatic carbocycles. The van der Waals surface area contributed by atoms with Crippen LogP contribution < -0.4 is 0 Å². The van der Waals surface area contributed by atoms with Crippen molar-refractivity contribution in [3.05, 3.63) is 23.2 Å². The molecule has 0 bridgehead atoms. The molecule has 1 fully saturated rings. The molecule has 4 heteroatoms. The topological polar surface area (TPSA) is 53.7 Å². The van der Waals surface area contributed by atoms with Crippen molar-refractivity contribution in [3.8, 4) is 0 Å². The lowest BCUT2D eigenvalue weighted by Crippen LogP contribution is -2.37. The predicted octanol–water partition coefficient (Wildman–Crippen LogP) is 3.30. The van der Waals surface area contributed by atoms with Crippen molar-refractivity contribution < 1.29 is 14.3 Å². The molecule has 0 aliphatic carbocycles. The fourth-order valence-corrected chi connectivity index (χ4v) is 2.66. The van der Waals surface area contributed by atoms with Crippen LogP contribution in [0.2, 0.25) is 0 Å². The van der Waals surface area contributed by atoms with Gasteiger partial charge in [0, 0.05) is 5.56 Å². The van der Waals surface area contributed by atoms with Crippen molar-refractivity contribution in [3.63, 3.8) is 0 Å². The molecule has 4 nitrogen and oxygen atoms in total. The maximum Gasteiger partial charge on any atom is 0.372 e. The van der Waals surface area contributed by atoms with E-state index in [9.17, 15) is 4.79 Å². The summed E-state index contributed by atoms with van der Waals surface area (Å²) in [6.45, 7) is 9.22. The molecule has 0 unspecified atom stereocenters. The number of furan rings is 1. The fourth-order valence-electron chi connectivity index (χ4n) is 2.66. The molecule has 1 aromatic rings. The Bertz CT molecular complexity index is 456. The number of carboxylic acids is 1. The summed E-state index contributed by atoms with van der Waals surface area (Å²) in [5.74, 6) is -0.152. The van der Waals surface area contributed by atoms with E-state index in [1.807, 2.05) is 6.07 Å². The highest BCUT2D eigenvalue weighted by molar-refractivity contribution is 5.86. The molecular formula is C15H23NO3. The van der Waals surface area contributed by atoms with Gasteiger partial charge in [-0.1, -0.05) is 20.3 Å². The highest BCUT2D eigenvalue weighted by Gasteiger charge is 2.28. The Labute approximate surface area is 114 Å². The van der Waals surface area contributed by atoms with Crippen molar-refractivity contribution in [2.24, 2.45) is 5.41 Å². The van der Waals surface area contributed by atoms with Gasteiger partial charge in [0.15, 0.2) is 0 Å². The Morgan fingerprint density at radius 3 is 2.58 bits per heavy atom. The summed E-state index contributed by atoms with van der Waals surface area (Å²) in [5.41, 5.74) is 1.18. The van der Waals surface area contributed by atoms with Gasteiger partial charge in [0.25, 0.3) is 0 Å². The maximum absolute atomic E-state index is 10.9. The third-order valence-electron chi connectivity index (χ3n) is 4.46. The lowest BCUT2D eigenvalue weighted by Gasteiger charge is -2.38. The molecule has 0 saturated carbocycles. The smallest absolute Gasteiger partial charge is 0.372 e. The molecule has 19 heavy (non-hydrogen) atoms. The quantitative estimate of drug-likeness (QED) is 0.907. The van der Waals surface area contributed by atoms with Crippen molar-refractivity contribution in [2.45, 2.75) is 46.6 Å². The second-order valence-electron chi connectivity index (χ2n) is 5.97. The first-order valence-corrected chi connectivity index (χ1v) is 6.98. The lowest BCUT2D eigenvalue weighted by atomic mass is 9.78. The average Bonchev–Trinajstić information content (AvgIpc) is 2.74. The maximum atomic E-state index is 10.9. The first-order chi connectivity index (χ1) is 8.93. The molecule has 1 aromatic heterocycles. The van der Waals surface area contributed by atoms with E-state index < -0.39 is 5.97 Å². The number of aromatic carboxylic acids is 1. The van der Waals surface area contributed by atoms with Crippen LogP contribution in [0.3, 0.4) is 0 Å². The zero-order valence-corrected chi connectivity index (χ0v) is 12.0. The van der Waals surface area contributed by atoms with Crippen LogP contribution in [0.15, 0.2) is 10.5 Å². The first-order valence-electron chi connectivity index (χ1n) is 6.98. The summed E-state index contributed by atoms with van der Waals surface area (Å²) in [7, 11) is 0. The minimum atomic E-state index is -0.985. The number of nitrogens with zero attached hydrogens (tertiary/aromatic N) is 1. The zero-order valence-electron chi connectivity index (χ0n) is 12.0. The summed E-state index contributed by atoms with van der Waals surface area (Å²) in [6, 6.07) is 1.84. The lowest BCUT2D eigenvalue weighted by molar-refractivity contribution is 0.0653. The number of rotatable bonds is 4. The molecule has 1 saturated heterocycles. The minimum Gasteiger partial charge on any atom is -0.475 e. The summed E-state index contributed by atoms with van der Waals surface area (Å²) in [6.07, 6.45) is 3.63. The SMILES string of the molecule is CCC1(C)CCN(Cc2cc(C)c(C(=O)O)o2)CC1. The van der Waals surface area contributed by atoms with Crippen LogP contribution in [-0.2, 0) is 6.54 Å². The molecule has 106 valence electrons. The molecule has 0 amide bonds. The van der Waals surface area contributed by atoms with E-state index in [1.54, 1.807) is 6.92 Å². The van der Waals surface area contributed by atoms with Gasteiger partial charge < -0.3 is 9.52 Å². The van der Waals surface area contributed by atoms with Crippen LogP contribution in [0.4, 0.5) is 0 Å². The van der Waals surface area contributed by atoms with Crippen molar-refractivity contribution in [1.82, 2.24) is 4.90 Å². The van der Waals surface area contributed by atoms with Crippen molar-refractivity contribution in [2.75, 3.05) is 13.1 Å². The Balaban J connectivity index is 1.96. The number of carbonyl (C=O) groups is 1. The van der Waals surface area contributed by atoms with E-state index in [1.165, 1.54) is 19.3 Å². The zero-order chi connectivity index (χ0) is 14.0. The standard InChI is InChI=1S/C15H23NO3/c1-4-15(3)5-7-16(8-6-15)10-12-9-11(2)13(19-12)14(17)18/h9H,4-8,10H2,1-3H3,(H,17,18). The minimum absolute atomic E-state index is 0.0744. The molecule has 0 atom stereocenters. The number of carboxylic acid groups (broad SMARTS) is 1. The normalized spacial score (nSPS) is 19.5. The largest absolute Gasteiger partial charge is 0.475 e. The van der Waals surface area contributed by atoms with Crippen molar-refractivity contribution >= 4 is 5.97 Å². The summed E-state index contributed by atoms with van der Waals surface area (Å²) >= 11 is 0. The van der Waals surface area contributed by atoms with Gasteiger partial charge in [-0.05, 0) is 44.3 Å². The van der Waals surface area contributed by atoms with Crippen LogP contribution >= 0.6 is 0 Å². The van der Waals surface area contributed by atoms with Gasteiger partial charge in [-0.2, -0.15) is 0 Å². The Hall–Kier alpha value is -1.29. The Kier molecular flexibility index (Phi) is 3.99. The van der Waals surface area contributed by atoms with E-state index >= 15 is 0 Å². The molecule has 0 radical (unpaired) electrons. The third-order valence-corrected chi connectivity index (χ3v) is 4.46. The highest BCUT2D eigenvalue weighted by Crippen LogP contribution is 2.34. The van der Waals surface area contributed by atoms with Crippen LogP contribution in [0.1, 0.15) is 55.0 Å². The van der Waals surface area contributed by atoms with E-state index in [4.69, 9.17) is 9.52 Å². The Morgan fingerprint density at radius 1 is 1.47 bits per heavy atom. The molecule has 1 aliphatic heterocycles. The van der Waals surface area contributed by atoms with Gasteiger partial charge >= 0.3 is 5.97 Å². The molecule has 1 aliphatic rings. The predicted molar refractivity (Wildman–Crippen MR) is 73.3 cm³/mol. The van der Waals surface area contributed by atoms with Gasteiger partial charge in [0.1, 0.15) is 5.76 Å².